The molecule has 0 aromatic heterocycles. The summed E-state index contributed by atoms with van der Waals surface area (Å²) in [5, 5.41) is 11.0. The number of nitrogen functional groups attached to an aromatic ring is 1. The van der Waals surface area contributed by atoms with Gasteiger partial charge in [0.2, 0.25) is 0 Å². The fraction of sp³-hybridized carbons (Fsp3) is 0.462. The van der Waals surface area contributed by atoms with E-state index in [0.717, 1.165) is 6.07 Å². The molecule has 1 atom stereocenters. The summed E-state index contributed by atoms with van der Waals surface area (Å²) < 4.78 is 39.3. The van der Waals surface area contributed by atoms with Gasteiger partial charge in [-0.15, -0.1) is 0 Å². The topological polar surface area (TPSA) is 78.6 Å². The number of halogens is 3. The van der Waals surface area contributed by atoms with Crippen LogP contribution in [0, 0.1) is 0 Å². The molecule has 4 N–H and O–H groups in total. The molecule has 1 aliphatic heterocycles. The first kappa shape index (κ1) is 15.3. The molecule has 1 aromatic carbocycles. The number of alkyl halides is 3. The van der Waals surface area contributed by atoms with Crippen LogP contribution in [0.5, 0.6) is 0 Å². The first-order valence-corrected chi connectivity index (χ1v) is 6.48. The van der Waals surface area contributed by atoms with Crippen LogP contribution in [0.25, 0.3) is 0 Å². The molecule has 1 fully saturated rings. The summed E-state index contributed by atoms with van der Waals surface area (Å²) in [7, 11) is 0. The van der Waals surface area contributed by atoms with Gasteiger partial charge in [-0.1, -0.05) is 0 Å². The van der Waals surface area contributed by atoms with Gasteiger partial charge in [0.05, 0.1) is 5.56 Å². The number of amides is 1. The first-order valence-electron chi connectivity index (χ1n) is 6.48. The van der Waals surface area contributed by atoms with E-state index in [0.29, 0.717) is 19.4 Å². The third-order valence-corrected chi connectivity index (χ3v) is 3.42. The molecule has 2 rings (SSSR count). The molecule has 0 bridgehead atoms. The summed E-state index contributed by atoms with van der Waals surface area (Å²) in [5.41, 5.74) is 4.73. The summed E-state index contributed by atoms with van der Waals surface area (Å²) in [5.74, 6) is 0. The van der Waals surface area contributed by atoms with Gasteiger partial charge in [-0.25, -0.2) is 4.79 Å². The van der Waals surface area contributed by atoms with Crippen LogP contribution in [0.3, 0.4) is 0 Å². The first-order chi connectivity index (χ1) is 9.77. The monoisotopic (exact) mass is 303 g/mol. The SMILES string of the molecule is Nc1ccc(N2CCC[C@H](NC(=O)O)C2)c(C(F)(F)F)c1. The molecular formula is C13H16F3N3O2. The molecule has 1 saturated heterocycles. The lowest BCUT2D eigenvalue weighted by atomic mass is 10.0. The molecule has 0 aliphatic carbocycles. The second-order valence-corrected chi connectivity index (χ2v) is 5.01. The highest BCUT2D eigenvalue weighted by atomic mass is 19.4. The van der Waals surface area contributed by atoms with Gasteiger partial charge >= 0.3 is 12.3 Å². The van der Waals surface area contributed by atoms with Crippen molar-refractivity contribution < 1.29 is 23.1 Å². The number of rotatable bonds is 2. The van der Waals surface area contributed by atoms with Crippen LogP contribution in [0.15, 0.2) is 18.2 Å². The van der Waals surface area contributed by atoms with Crippen LogP contribution < -0.4 is 16.0 Å². The van der Waals surface area contributed by atoms with E-state index in [9.17, 15) is 18.0 Å². The highest BCUT2D eigenvalue weighted by Crippen LogP contribution is 2.38. The summed E-state index contributed by atoms with van der Waals surface area (Å²) >= 11 is 0. The molecule has 8 heteroatoms. The zero-order valence-corrected chi connectivity index (χ0v) is 11.2. The number of anilines is 2. The summed E-state index contributed by atoms with van der Waals surface area (Å²) in [6.45, 7) is 0.657. The van der Waals surface area contributed by atoms with Gasteiger partial charge in [-0.2, -0.15) is 13.2 Å². The number of nitrogens with two attached hydrogens (primary N) is 1. The van der Waals surface area contributed by atoms with Gasteiger partial charge in [0, 0.05) is 30.5 Å². The third-order valence-electron chi connectivity index (χ3n) is 3.42. The predicted octanol–water partition coefficient (Wildman–Crippen LogP) is 2.52. The van der Waals surface area contributed by atoms with Crippen molar-refractivity contribution in [1.29, 1.82) is 0 Å². The maximum absolute atomic E-state index is 13.1. The molecule has 1 amide bonds. The Morgan fingerprint density at radius 1 is 1.43 bits per heavy atom. The standard InChI is InChI=1S/C13H16F3N3O2/c14-13(15,16)10-6-8(17)3-4-11(10)19-5-1-2-9(7-19)18-12(20)21/h3-4,6,9,18H,1-2,5,7,17H2,(H,20,21)/t9-/m0/s1. The second kappa shape index (κ2) is 5.71. The van der Waals surface area contributed by atoms with Crippen LogP contribution >= 0.6 is 0 Å². The Kier molecular flexibility index (Phi) is 4.15. The van der Waals surface area contributed by atoms with E-state index in [4.69, 9.17) is 10.8 Å². The highest BCUT2D eigenvalue weighted by Gasteiger charge is 2.36. The minimum atomic E-state index is -4.50. The normalized spacial score (nSPS) is 19.4. The van der Waals surface area contributed by atoms with Gasteiger partial charge in [0.15, 0.2) is 0 Å². The zero-order valence-electron chi connectivity index (χ0n) is 11.2. The smallest absolute Gasteiger partial charge is 0.418 e. The fourth-order valence-corrected chi connectivity index (χ4v) is 2.54. The van der Waals surface area contributed by atoms with E-state index in [-0.39, 0.29) is 24.0 Å². The van der Waals surface area contributed by atoms with E-state index in [1.807, 2.05) is 0 Å². The molecule has 1 heterocycles. The zero-order chi connectivity index (χ0) is 15.6. The minimum Gasteiger partial charge on any atom is -0.465 e. The van der Waals surface area contributed by atoms with Crippen LogP contribution in [0.2, 0.25) is 0 Å². The molecule has 1 aromatic rings. The van der Waals surface area contributed by atoms with E-state index < -0.39 is 17.8 Å². The van der Waals surface area contributed by atoms with Crippen LogP contribution in [0.4, 0.5) is 29.3 Å². The average molecular weight is 303 g/mol. The Hall–Kier alpha value is -2.12. The Morgan fingerprint density at radius 3 is 2.76 bits per heavy atom. The molecule has 116 valence electrons. The van der Waals surface area contributed by atoms with Crippen molar-refractivity contribution >= 4 is 17.5 Å². The number of nitrogens with one attached hydrogen (secondary N) is 1. The van der Waals surface area contributed by atoms with Crippen molar-refractivity contribution in [1.82, 2.24) is 5.32 Å². The third kappa shape index (κ3) is 3.71. The van der Waals surface area contributed by atoms with Crippen LogP contribution in [0.1, 0.15) is 18.4 Å². The molecule has 0 unspecified atom stereocenters. The molecule has 0 spiro atoms. The molecule has 5 nitrogen and oxygen atoms in total. The summed E-state index contributed by atoms with van der Waals surface area (Å²) in [6, 6.07) is 3.28. The largest absolute Gasteiger partial charge is 0.465 e. The van der Waals surface area contributed by atoms with E-state index in [2.05, 4.69) is 5.32 Å². The van der Waals surface area contributed by atoms with Crippen molar-refractivity contribution in [3.05, 3.63) is 23.8 Å². The number of piperidine rings is 1. The van der Waals surface area contributed by atoms with Gasteiger partial charge in [0.25, 0.3) is 0 Å². The van der Waals surface area contributed by atoms with Crippen molar-refractivity contribution in [2.75, 3.05) is 23.7 Å². The minimum absolute atomic E-state index is 0.0357. The van der Waals surface area contributed by atoms with Crippen molar-refractivity contribution in [2.45, 2.75) is 25.1 Å². The van der Waals surface area contributed by atoms with E-state index >= 15 is 0 Å². The molecule has 1 aliphatic rings. The lowest BCUT2D eigenvalue weighted by molar-refractivity contribution is -0.137. The Morgan fingerprint density at radius 2 is 2.14 bits per heavy atom. The summed E-state index contributed by atoms with van der Waals surface area (Å²) in [4.78, 5) is 12.2. The molecular weight excluding hydrogens is 287 g/mol. The number of hydrogen-bond donors (Lipinski definition) is 3. The maximum atomic E-state index is 13.1. The Balaban J connectivity index is 2.27. The predicted molar refractivity (Wildman–Crippen MR) is 72.3 cm³/mol. The van der Waals surface area contributed by atoms with Crippen molar-refractivity contribution in [3.63, 3.8) is 0 Å². The number of hydrogen-bond acceptors (Lipinski definition) is 3. The van der Waals surface area contributed by atoms with Crippen molar-refractivity contribution in [3.8, 4) is 0 Å². The lowest BCUT2D eigenvalue weighted by Gasteiger charge is -2.35. The van der Waals surface area contributed by atoms with Gasteiger partial charge < -0.3 is 21.1 Å². The van der Waals surface area contributed by atoms with E-state index in [1.165, 1.54) is 12.1 Å². The fourth-order valence-electron chi connectivity index (χ4n) is 2.54. The number of nitrogens with zero attached hydrogens (tertiary/aromatic N) is 1. The maximum Gasteiger partial charge on any atom is 0.418 e. The lowest BCUT2D eigenvalue weighted by Crippen LogP contribution is -2.47. The average Bonchev–Trinajstić information content (AvgIpc) is 2.37. The van der Waals surface area contributed by atoms with Crippen molar-refractivity contribution in [2.24, 2.45) is 0 Å². The van der Waals surface area contributed by atoms with Crippen LogP contribution in [-0.4, -0.2) is 30.3 Å². The number of carbonyl (C=O) groups is 1. The quantitative estimate of drug-likeness (QED) is 0.734. The van der Waals surface area contributed by atoms with Gasteiger partial charge in [-0.05, 0) is 31.0 Å². The second-order valence-electron chi connectivity index (χ2n) is 5.01. The molecule has 0 radical (unpaired) electrons. The molecule has 21 heavy (non-hydrogen) atoms. The number of carboxylic acid groups (broad SMARTS) is 1. The van der Waals surface area contributed by atoms with Gasteiger partial charge in [0.1, 0.15) is 0 Å². The summed E-state index contributed by atoms with van der Waals surface area (Å²) in [6.07, 6.45) is -4.45. The Labute approximate surface area is 119 Å². The van der Waals surface area contributed by atoms with Crippen LogP contribution in [-0.2, 0) is 6.18 Å². The van der Waals surface area contributed by atoms with E-state index in [1.54, 1.807) is 4.90 Å². The Bertz CT molecular complexity index is 534. The number of benzene rings is 1. The highest BCUT2D eigenvalue weighted by molar-refractivity contribution is 5.65. The molecule has 0 saturated carbocycles. The van der Waals surface area contributed by atoms with Gasteiger partial charge in [-0.3, -0.25) is 0 Å².